The van der Waals surface area contributed by atoms with Crippen LogP contribution in [0.2, 0.25) is 0 Å². The Balaban J connectivity index is 2.06. The van der Waals surface area contributed by atoms with Crippen LogP contribution < -0.4 is 10.1 Å². The van der Waals surface area contributed by atoms with Gasteiger partial charge in [0.25, 0.3) is 5.91 Å². The number of amides is 1. The van der Waals surface area contributed by atoms with Crippen LogP contribution in [-0.4, -0.2) is 30.1 Å². The molecule has 2 atom stereocenters. The molecule has 0 bridgehead atoms. The Hall–Kier alpha value is -1.08. The van der Waals surface area contributed by atoms with Gasteiger partial charge in [-0.2, -0.15) is 0 Å². The maximum atomic E-state index is 12.3. The normalized spacial score (nSPS) is 21.8. The first-order chi connectivity index (χ1) is 9.43. The number of carboxylic acids is 1. The van der Waals surface area contributed by atoms with E-state index in [2.05, 4.69) is 21.2 Å². The first-order valence-electron chi connectivity index (χ1n) is 6.30. The first kappa shape index (κ1) is 15.3. The summed E-state index contributed by atoms with van der Waals surface area (Å²) in [7, 11) is 1.53. The molecule has 2 rings (SSSR count). The molecule has 0 radical (unpaired) electrons. The lowest BCUT2D eigenvalue weighted by Crippen LogP contribution is -2.33. The fraction of sp³-hybridized carbons (Fsp3) is 0.538. The summed E-state index contributed by atoms with van der Waals surface area (Å²) in [4.78, 5) is 24.7. The third kappa shape index (κ3) is 2.98. The molecule has 1 aliphatic carbocycles. The molecule has 0 aromatic carbocycles. The number of aryl methyl sites for hydroxylation is 1. The third-order valence-electron chi connectivity index (χ3n) is 3.50. The van der Waals surface area contributed by atoms with Crippen LogP contribution in [0, 0.1) is 12.8 Å². The van der Waals surface area contributed by atoms with E-state index >= 15 is 0 Å². The number of carboxylic acid groups (broad SMARTS) is 1. The summed E-state index contributed by atoms with van der Waals surface area (Å²) in [6, 6.07) is -0.0745. The lowest BCUT2D eigenvalue weighted by molar-refractivity contribution is -0.141. The van der Waals surface area contributed by atoms with Crippen molar-refractivity contribution in [1.82, 2.24) is 5.32 Å². The number of thiophene rings is 1. The first-order valence-corrected chi connectivity index (χ1v) is 7.91. The molecule has 1 heterocycles. The van der Waals surface area contributed by atoms with E-state index in [-0.39, 0.29) is 17.9 Å². The van der Waals surface area contributed by atoms with Crippen LogP contribution in [0.3, 0.4) is 0 Å². The molecule has 1 amide bonds. The second-order valence-corrected chi connectivity index (χ2v) is 6.87. The molecule has 0 saturated heterocycles. The van der Waals surface area contributed by atoms with E-state index in [4.69, 9.17) is 9.84 Å². The fourth-order valence-electron chi connectivity index (χ4n) is 2.42. The van der Waals surface area contributed by atoms with E-state index in [0.717, 1.165) is 9.35 Å². The van der Waals surface area contributed by atoms with Crippen LogP contribution >= 0.6 is 27.3 Å². The van der Waals surface area contributed by atoms with Gasteiger partial charge in [0.2, 0.25) is 0 Å². The zero-order valence-electron chi connectivity index (χ0n) is 11.2. The van der Waals surface area contributed by atoms with Crippen molar-refractivity contribution in [2.75, 3.05) is 7.11 Å². The number of rotatable bonds is 4. The maximum absolute atomic E-state index is 12.3. The van der Waals surface area contributed by atoms with Crippen molar-refractivity contribution in [3.8, 4) is 5.75 Å². The molecular weight excluding hydrogens is 346 g/mol. The molecule has 20 heavy (non-hydrogen) atoms. The monoisotopic (exact) mass is 361 g/mol. The van der Waals surface area contributed by atoms with E-state index in [1.165, 1.54) is 18.4 Å². The molecule has 5 nitrogen and oxygen atoms in total. The molecule has 1 aromatic heterocycles. The van der Waals surface area contributed by atoms with E-state index in [1.54, 1.807) is 0 Å². The standard InChI is InChI=1S/C13H16BrNO4S/c1-6-9(14)10(19-2)11(20-6)12(16)15-8-4-3-7(5-8)13(17)18/h7-8H,3-5H2,1-2H3,(H,15,16)(H,17,18)/t7-,8+/m1/s1. The zero-order valence-corrected chi connectivity index (χ0v) is 13.6. The van der Waals surface area contributed by atoms with E-state index in [9.17, 15) is 9.59 Å². The topological polar surface area (TPSA) is 75.6 Å². The summed E-state index contributed by atoms with van der Waals surface area (Å²) in [6.45, 7) is 1.91. The summed E-state index contributed by atoms with van der Waals surface area (Å²) in [5.74, 6) is -0.789. The number of nitrogens with one attached hydrogen (secondary N) is 1. The maximum Gasteiger partial charge on any atom is 0.306 e. The van der Waals surface area contributed by atoms with Gasteiger partial charge in [0.05, 0.1) is 17.5 Å². The van der Waals surface area contributed by atoms with Crippen LogP contribution in [0.15, 0.2) is 4.47 Å². The highest BCUT2D eigenvalue weighted by Crippen LogP contribution is 2.39. The summed E-state index contributed by atoms with van der Waals surface area (Å²) in [5.41, 5.74) is 0. The van der Waals surface area contributed by atoms with Crippen LogP contribution in [-0.2, 0) is 4.79 Å². The molecule has 1 fully saturated rings. The minimum Gasteiger partial charge on any atom is -0.494 e. The van der Waals surface area contributed by atoms with Crippen molar-refractivity contribution >= 4 is 39.1 Å². The average Bonchev–Trinajstić information content (AvgIpc) is 2.96. The smallest absolute Gasteiger partial charge is 0.306 e. The van der Waals surface area contributed by atoms with E-state index in [0.29, 0.717) is 29.9 Å². The number of hydrogen-bond donors (Lipinski definition) is 2. The summed E-state index contributed by atoms with van der Waals surface area (Å²) >= 11 is 4.76. The van der Waals surface area contributed by atoms with Crippen molar-refractivity contribution in [3.05, 3.63) is 14.2 Å². The average molecular weight is 362 g/mol. The number of ether oxygens (including phenoxy) is 1. The highest BCUT2D eigenvalue weighted by Gasteiger charge is 2.31. The number of halogens is 1. The van der Waals surface area contributed by atoms with Crippen LogP contribution in [0.4, 0.5) is 0 Å². The van der Waals surface area contributed by atoms with Gasteiger partial charge in [0.1, 0.15) is 4.88 Å². The highest BCUT2D eigenvalue weighted by atomic mass is 79.9. The molecule has 2 N–H and O–H groups in total. The van der Waals surface area contributed by atoms with Gasteiger partial charge in [0.15, 0.2) is 5.75 Å². The molecule has 1 saturated carbocycles. The van der Waals surface area contributed by atoms with Gasteiger partial charge in [-0.25, -0.2) is 0 Å². The summed E-state index contributed by atoms with van der Waals surface area (Å²) in [5, 5.41) is 11.9. The second kappa shape index (κ2) is 6.13. The van der Waals surface area contributed by atoms with Gasteiger partial charge in [-0.15, -0.1) is 11.3 Å². The molecule has 1 aliphatic rings. The van der Waals surface area contributed by atoms with Crippen molar-refractivity contribution in [2.45, 2.75) is 32.2 Å². The van der Waals surface area contributed by atoms with Crippen molar-refractivity contribution in [2.24, 2.45) is 5.92 Å². The van der Waals surface area contributed by atoms with Crippen LogP contribution in [0.5, 0.6) is 5.75 Å². The number of hydrogen-bond acceptors (Lipinski definition) is 4. The Bertz CT molecular complexity index is 543. The minimum absolute atomic E-state index is 0.0745. The molecule has 110 valence electrons. The van der Waals surface area contributed by atoms with Crippen LogP contribution in [0.25, 0.3) is 0 Å². The second-order valence-electron chi connectivity index (χ2n) is 4.85. The van der Waals surface area contributed by atoms with Gasteiger partial charge in [-0.05, 0) is 42.1 Å². The van der Waals surface area contributed by atoms with Gasteiger partial charge in [-0.1, -0.05) is 0 Å². The van der Waals surface area contributed by atoms with Gasteiger partial charge in [-0.3, -0.25) is 9.59 Å². The van der Waals surface area contributed by atoms with Gasteiger partial charge < -0.3 is 15.2 Å². The molecular formula is C13H16BrNO4S. The Morgan fingerprint density at radius 3 is 2.70 bits per heavy atom. The molecule has 1 aromatic rings. The Kier molecular flexibility index (Phi) is 4.70. The van der Waals surface area contributed by atoms with E-state index < -0.39 is 5.97 Å². The summed E-state index contributed by atoms with van der Waals surface area (Å²) < 4.78 is 6.05. The molecule has 0 aliphatic heterocycles. The number of carbonyl (C=O) groups is 2. The Morgan fingerprint density at radius 1 is 1.45 bits per heavy atom. The number of aliphatic carboxylic acids is 1. The van der Waals surface area contributed by atoms with E-state index in [1.807, 2.05) is 6.92 Å². The lowest BCUT2D eigenvalue weighted by atomic mass is 10.1. The molecule has 0 spiro atoms. The highest BCUT2D eigenvalue weighted by molar-refractivity contribution is 9.10. The predicted molar refractivity (Wildman–Crippen MR) is 79.5 cm³/mol. The number of carbonyl (C=O) groups excluding carboxylic acids is 1. The molecule has 7 heteroatoms. The van der Waals surface area contributed by atoms with Crippen LogP contribution in [0.1, 0.15) is 33.8 Å². The fourth-order valence-corrected chi connectivity index (χ4v) is 4.08. The quantitative estimate of drug-likeness (QED) is 0.864. The Labute approximate surface area is 129 Å². The number of methoxy groups -OCH3 is 1. The third-order valence-corrected chi connectivity index (χ3v) is 5.80. The van der Waals surface area contributed by atoms with Crippen molar-refractivity contribution in [1.29, 1.82) is 0 Å². The molecule has 0 unspecified atom stereocenters. The SMILES string of the molecule is COc1c(C(=O)N[C@H]2CC[C@@H](C(=O)O)C2)sc(C)c1Br. The van der Waals surface area contributed by atoms with Gasteiger partial charge in [0, 0.05) is 10.9 Å². The van der Waals surface area contributed by atoms with Crippen molar-refractivity contribution < 1.29 is 19.4 Å². The largest absolute Gasteiger partial charge is 0.494 e. The van der Waals surface area contributed by atoms with Crippen molar-refractivity contribution in [3.63, 3.8) is 0 Å². The zero-order chi connectivity index (χ0) is 14.9. The predicted octanol–water partition coefficient (Wildman–Crippen LogP) is 2.81. The minimum atomic E-state index is -0.783. The lowest BCUT2D eigenvalue weighted by Gasteiger charge is -2.12. The Morgan fingerprint density at radius 2 is 2.15 bits per heavy atom. The summed E-state index contributed by atoms with van der Waals surface area (Å²) in [6.07, 6.45) is 1.82. The van der Waals surface area contributed by atoms with Gasteiger partial charge >= 0.3 is 5.97 Å².